The van der Waals surface area contributed by atoms with E-state index in [2.05, 4.69) is 13.2 Å². The van der Waals surface area contributed by atoms with Crippen molar-refractivity contribution in [3.05, 3.63) is 60.7 Å². The van der Waals surface area contributed by atoms with Crippen molar-refractivity contribution in [2.75, 3.05) is 13.2 Å². The maximum atomic E-state index is 5.66. The second-order valence-corrected chi connectivity index (χ2v) is 5.16. The summed E-state index contributed by atoms with van der Waals surface area (Å²) in [5.41, 5.74) is 2.01. The molecule has 104 valence electrons. The average molecular weight is 268 g/mol. The van der Waals surface area contributed by atoms with Gasteiger partial charge in [0.15, 0.2) is 0 Å². The highest BCUT2D eigenvalue weighted by Crippen LogP contribution is 2.25. The zero-order valence-electron chi connectivity index (χ0n) is 12.1. The van der Waals surface area contributed by atoms with E-state index >= 15 is 0 Å². The van der Waals surface area contributed by atoms with E-state index in [9.17, 15) is 0 Å². The summed E-state index contributed by atoms with van der Waals surface area (Å²) in [5.74, 6) is 1.69. The molecular formula is C18H20O2. The first kappa shape index (κ1) is 14.2. The van der Waals surface area contributed by atoms with E-state index in [1.54, 1.807) is 0 Å². The van der Waals surface area contributed by atoms with Crippen LogP contribution in [0.1, 0.15) is 13.8 Å². The number of hydrogen-bond acceptors (Lipinski definition) is 2. The molecule has 20 heavy (non-hydrogen) atoms. The minimum Gasteiger partial charge on any atom is -0.489 e. The van der Waals surface area contributed by atoms with Crippen molar-refractivity contribution in [3.63, 3.8) is 0 Å². The summed E-state index contributed by atoms with van der Waals surface area (Å²) in [6, 6.07) is 12.1. The molecule has 0 spiro atoms. The molecule has 0 radical (unpaired) electrons. The van der Waals surface area contributed by atoms with Gasteiger partial charge in [-0.15, -0.1) is 0 Å². The zero-order valence-corrected chi connectivity index (χ0v) is 12.1. The maximum absolute atomic E-state index is 5.66. The Bertz CT molecular complexity index is 588. The fourth-order valence-corrected chi connectivity index (χ4v) is 1.80. The van der Waals surface area contributed by atoms with E-state index in [0.29, 0.717) is 13.2 Å². The Morgan fingerprint density at radius 3 is 1.65 bits per heavy atom. The number of benzene rings is 2. The SMILES string of the molecule is C=C(C)COc1ccc2ccc(OCC(=C)C)cc2c1. The first-order chi connectivity index (χ1) is 9.54. The Morgan fingerprint density at radius 1 is 0.800 bits per heavy atom. The summed E-state index contributed by atoms with van der Waals surface area (Å²) < 4.78 is 11.3. The Hall–Kier alpha value is -2.22. The summed E-state index contributed by atoms with van der Waals surface area (Å²) in [6.07, 6.45) is 0. The zero-order chi connectivity index (χ0) is 14.5. The lowest BCUT2D eigenvalue weighted by Gasteiger charge is -2.09. The minimum atomic E-state index is 0.539. The third-order valence-electron chi connectivity index (χ3n) is 2.75. The maximum Gasteiger partial charge on any atom is 0.120 e. The highest BCUT2D eigenvalue weighted by atomic mass is 16.5. The quantitative estimate of drug-likeness (QED) is 0.704. The second kappa shape index (κ2) is 6.29. The van der Waals surface area contributed by atoms with Crippen LogP contribution in [0.3, 0.4) is 0 Å². The van der Waals surface area contributed by atoms with Crippen LogP contribution in [-0.2, 0) is 0 Å². The lowest BCUT2D eigenvalue weighted by molar-refractivity contribution is 0.352. The summed E-state index contributed by atoms with van der Waals surface area (Å²) >= 11 is 0. The van der Waals surface area contributed by atoms with Gasteiger partial charge in [0.1, 0.15) is 24.7 Å². The van der Waals surface area contributed by atoms with Crippen LogP contribution in [0, 0.1) is 0 Å². The van der Waals surface area contributed by atoms with Gasteiger partial charge in [0, 0.05) is 0 Å². The van der Waals surface area contributed by atoms with E-state index in [1.165, 1.54) is 0 Å². The van der Waals surface area contributed by atoms with E-state index in [-0.39, 0.29) is 0 Å². The van der Waals surface area contributed by atoms with Crippen molar-refractivity contribution in [2.45, 2.75) is 13.8 Å². The van der Waals surface area contributed by atoms with Crippen LogP contribution >= 0.6 is 0 Å². The predicted molar refractivity (Wildman–Crippen MR) is 84.6 cm³/mol. The van der Waals surface area contributed by atoms with Crippen LogP contribution in [0.2, 0.25) is 0 Å². The fourth-order valence-electron chi connectivity index (χ4n) is 1.80. The number of ether oxygens (including phenoxy) is 2. The standard InChI is InChI=1S/C18H20O2/c1-13(2)11-19-17-7-5-15-6-8-18(10-16(15)9-17)20-12-14(3)4/h5-10H,1,3,11-12H2,2,4H3. The topological polar surface area (TPSA) is 18.5 Å². The van der Waals surface area contributed by atoms with Crippen LogP contribution in [0.5, 0.6) is 11.5 Å². The van der Waals surface area contributed by atoms with E-state index in [1.807, 2.05) is 50.2 Å². The van der Waals surface area contributed by atoms with Crippen molar-refractivity contribution in [2.24, 2.45) is 0 Å². The molecule has 0 saturated carbocycles. The van der Waals surface area contributed by atoms with E-state index in [0.717, 1.165) is 33.4 Å². The van der Waals surface area contributed by atoms with Crippen molar-refractivity contribution in [1.82, 2.24) is 0 Å². The highest BCUT2D eigenvalue weighted by molar-refractivity contribution is 5.85. The largest absolute Gasteiger partial charge is 0.489 e. The van der Waals surface area contributed by atoms with Crippen molar-refractivity contribution in [1.29, 1.82) is 0 Å². The number of rotatable bonds is 6. The average Bonchev–Trinajstić information content (AvgIpc) is 2.42. The fraction of sp³-hybridized carbons (Fsp3) is 0.222. The van der Waals surface area contributed by atoms with Crippen molar-refractivity contribution >= 4 is 10.8 Å². The van der Waals surface area contributed by atoms with Gasteiger partial charge in [-0.3, -0.25) is 0 Å². The summed E-state index contributed by atoms with van der Waals surface area (Å²) in [5, 5.41) is 2.26. The normalized spacial score (nSPS) is 10.3. The van der Waals surface area contributed by atoms with Crippen LogP contribution < -0.4 is 9.47 Å². The first-order valence-corrected chi connectivity index (χ1v) is 6.63. The summed E-state index contributed by atoms with van der Waals surface area (Å²) in [6.45, 7) is 12.6. The molecule has 2 aromatic rings. The molecule has 0 saturated heterocycles. The Morgan fingerprint density at radius 2 is 1.25 bits per heavy atom. The minimum absolute atomic E-state index is 0.539. The molecule has 2 heteroatoms. The van der Waals surface area contributed by atoms with Gasteiger partial charge >= 0.3 is 0 Å². The third-order valence-corrected chi connectivity index (χ3v) is 2.75. The van der Waals surface area contributed by atoms with Crippen LogP contribution in [0.4, 0.5) is 0 Å². The molecule has 0 aliphatic carbocycles. The number of hydrogen-bond donors (Lipinski definition) is 0. The Labute approximate surface area is 120 Å². The van der Waals surface area contributed by atoms with Gasteiger partial charge in [0.2, 0.25) is 0 Å². The molecule has 0 aromatic heterocycles. The van der Waals surface area contributed by atoms with Crippen LogP contribution in [-0.4, -0.2) is 13.2 Å². The van der Waals surface area contributed by atoms with Gasteiger partial charge in [-0.2, -0.15) is 0 Å². The molecule has 2 aromatic carbocycles. The van der Waals surface area contributed by atoms with Gasteiger partial charge in [-0.05, 0) is 60.0 Å². The molecule has 2 nitrogen and oxygen atoms in total. The number of fused-ring (bicyclic) bond motifs is 1. The molecule has 2 rings (SSSR count). The molecule has 0 aliphatic heterocycles. The summed E-state index contributed by atoms with van der Waals surface area (Å²) in [4.78, 5) is 0. The molecule has 0 fully saturated rings. The lowest BCUT2D eigenvalue weighted by atomic mass is 10.1. The predicted octanol–water partition coefficient (Wildman–Crippen LogP) is 4.75. The van der Waals surface area contributed by atoms with Crippen molar-refractivity contribution in [3.8, 4) is 11.5 Å². The van der Waals surface area contributed by atoms with Gasteiger partial charge in [0.25, 0.3) is 0 Å². The molecule has 0 heterocycles. The van der Waals surface area contributed by atoms with Gasteiger partial charge in [-0.25, -0.2) is 0 Å². The van der Waals surface area contributed by atoms with E-state index < -0.39 is 0 Å². The first-order valence-electron chi connectivity index (χ1n) is 6.63. The molecule has 0 amide bonds. The van der Waals surface area contributed by atoms with E-state index in [4.69, 9.17) is 9.47 Å². The molecular weight excluding hydrogens is 248 g/mol. The van der Waals surface area contributed by atoms with Gasteiger partial charge in [-0.1, -0.05) is 25.3 Å². The highest BCUT2D eigenvalue weighted by Gasteiger charge is 2.01. The second-order valence-electron chi connectivity index (χ2n) is 5.16. The smallest absolute Gasteiger partial charge is 0.120 e. The molecule has 0 N–H and O–H groups in total. The van der Waals surface area contributed by atoms with Gasteiger partial charge in [0.05, 0.1) is 0 Å². The Kier molecular flexibility index (Phi) is 4.46. The molecule has 0 aliphatic rings. The molecule has 0 atom stereocenters. The summed E-state index contributed by atoms with van der Waals surface area (Å²) in [7, 11) is 0. The molecule has 0 unspecified atom stereocenters. The van der Waals surface area contributed by atoms with Crippen molar-refractivity contribution < 1.29 is 9.47 Å². The third kappa shape index (κ3) is 3.89. The van der Waals surface area contributed by atoms with Crippen LogP contribution in [0.15, 0.2) is 60.7 Å². The van der Waals surface area contributed by atoms with Crippen LogP contribution in [0.25, 0.3) is 10.8 Å². The van der Waals surface area contributed by atoms with Gasteiger partial charge < -0.3 is 9.47 Å². The monoisotopic (exact) mass is 268 g/mol. The Balaban J connectivity index is 2.20. The lowest BCUT2D eigenvalue weighted by Crippen LogP contribution is -1.98. The molecule has 0 bridgehead atoms.